The summed E-state index contributed by atoms with van der Waals surface area (Å²) >= 11 is 6.37. The fraction of sp³-hybridized carbons (Fsp3) is 0.0370. The van der Waals surface area contributed by atoms with Gasteiger partial charge in [0.2, 0.25) is 0 Å². The number of fused-ring (bicyclic) bond motifs is 1. The first-order valence-electron chi connectivity index (χ1n) is 10.8. The van der Waals surface area contributed by atoms with Crippen molar-refractivity contribution in [2.75, 3.05) is 5.32 Å². The summed E-state index contributed by atoms with van der Waals surface area (Å²) in [7, 11) is 0. The van der Waals surface area contributed by atoms with Crippen molar-refractivity contribution >= 4 is 34.2 Å². The molecule has 1 amide bonds. The van der Waals surface area contributed by atoms with Crippen LogP contribution < -0.4 is 5.32 Å². The number of carbonyl (C=O) groups excluding carboxylic acids is 1. The van der Waals surface area contributed by atoms with Gasteiger partial charge in [-0.3, -0.25) is 4.79 Å². The van der Waals surface area contributed by atoms with Crippen LogP contribution in [-0.4, -0.2) is 21.0 Å². The van der Waals surface area contributed by atoms with Gasteiger partial charge in [0.05, 0.1) is 27.2 Å². The normalized spacial score (nSPS) is 11.6. The molecule has 0 aliphatic rings. The Kier molecular flexibility index (Phi) is 5.89. The second-order valence-electron chi connectivity index (χ2n) is 8.06. The zero-order chi connectivity index (χ0) is 25.4. The number of imidazole rings is 1. The SMILES string of the molecule is O=C(Nc1ccc(Cl)c(-c2nc3ccccc3[nH]2)c1)c1ccc(-c2ccc(C(F)(F)F)cc2)cc1O. The molecule has 1 heterocycles. The van der Waals surface area contributed by atoms with Crippen LogP contribution in [0.3, 0.4) is 0 Å². The van der Waals surface area contributed by atoms with E-state index in [-0.39, 0.29) is 11.3 Å². The number of benzene rings is 4. The minimum Gasteiger partial charge on any atom is -0.507 e. The van der Waals surface area contributed by atoms with Crippen LogP contribution in [0.25, 0.3) is 33.5 Å². The third-order valence-corrected chi connectivity index (χ3v) is 5.99. The number of phenols is 1. The molecule has 5 aromatic rings. The van der Waals surface area contributed by atoms with Crippen LogP contribution in [-0.2, 0) is 6.18 Å². The predicted molar refractivity (Wildman–Crippen MR) is 133 cm³/mol. The third-order valence-electron chi connectivity index (χ3n) is 5.66. The van der Waals surface area contributed by atoms with E-state index in [9.17, 15) is 23.1 Å². The molecule has 0 unspecified atom stereocenters. The number of nitrogens with one attached hydrogen (secondary N) is 2. The monoisotopic (exact) mass is 507 g/mol. The number of aromatic hydroxyl groups is 1. The number of H-pyrrole nitrogens is 1. The summed E-state index contributed by atoms with van der Waals surface area (Å²) in [5, 5.41) is 13.6. The molecular formula is C27H17ClF3N3O2. The van der Waals surface area contributed by atoms with Crippen molar-refractivity contribution in [1.29, 1.82) is 0 Å². The molecule has 5 nitrogen and oxygen atoms in total. The van der Waals surface area contributed by atoms with Gasteiger partial charge < -0.3 is 15.4 Å². The maximum atomic E-state index is 12.9. The van der Waals surface area contributed by atoms with Crippen LogP contribution in [0.5, 0.6) is 5.75 Å². The Hall–Kier alpha value is -4.30. The molecule has 0 radical (unpaired) electrons. The molecule has 3 N–H and O–H groups in total. The number of hydrogen-bond donors (Lipinski definition) is 3. The van der Waals surface area contributed by atoms with Crippen LogP contribution in [0.2, 0.25) is 5.02 Å². The minimum absolute atomic E-state index is 0.00546. The molecule has 0 fully saturated rings. The molecule has 5 rings (SSSR count). The minimum atomic E-state index is -4.44. The summed E-state index contributed by atoms with van der Waals surface area (Å²) in [6.07, 6.45) is -4.44. The van der Waals surface area contributed by atoms with E-state index in [0.29, 0.717) is 33.2 Å². The summed E-state index contributed by atoms with van der Waals surface area (Å²) in [5.41, 5.74) is 2.82. The number of carbonyl (C=O) groups is 1. The Labute approximate surface area is 208 Å². The van der Waals surface area contributed by atoms with Crippen molar-refractivity contribution in [3.05, 3.63) is 101 Å². The molecule has 0 aliphatic carbocycles. The predicted octanol–water partition coefficient (Wildman–Crippen LogP) is 7.53. The maximum absolute atomic E-state index is 12.9. The molecule has 180 valence electrons. The Morgan fingerprint density at radius 1 is 0.917 bits per heavy atom. The topological polar surface area (TPSA) is 78.0 Å². The Balaban J connectivity index is 1.37. The highest BCUT2D eigenvalue weighted by Crippen LogP contribution is 2.33. The maximum Gasteiger partial charge on any atom is 0.416 e. The van der Waals surface area contributed by atoms with E-state index in [1.54, 1.807) is 24.3 Å². The van der Waals surface area contributed by atoms with Crippen LogP contribution in [0.15, 0.2) is 84.9 Å². The molecular weight excluding hydrogens is 491 g/mol. The molecule has 0 spiro atoms. The van der Waals surface area contributed by atoms with Crippen LogP contribution in [0.1, 0.15) is 15.9 Å². The van der Waals surface area contributed by atoms with Crippen molar-refractivity contribution in [3.63, 3.8) is 0 Å². The fourth-order valence-electron chi connectivity index (χ4n) is 3.82. The van der Waals surface area contributed by atoms with Crippen LogP contribution >= 0.6 is 11.6 Å². The standard InChI is InChI=1S/C27H17ClF3N3O2/c28-21-12-10-18(14-20(21)25-33-22-3-1-2-4-23(22)34-25)32-26(36)19-11-7-16(13-24(19)35)15-5-8-17(9-6-15)27(29,30)31/h1-14,35H,(H,32,36)(H,33,34). The van der Waals surface area contributed by atoms with E-state index in [0.717, 1.165) is 23.2 Å². The number of nitrogens with zero attached hydrogens (tertiary/aromatic N) is 1. The second kappa shape index (κ2) is 9.05. The lowest BCUT2D eigenvalue weighted by Gasteiger charge is -2.11. The van der Waals surface area contributed by atoms with Crippen molar-refractivity contribution < 1.29 is 23.1 Å². The van der Waals surface area contributed by atoms with Crippen LogP contribution in [0.4, 0.5) is 18.9 Å². The highest BCUT2D eigenvalue weighted by Gasteiger charge is 2.30. The molecule has 1 aromatic heterocycles. The van der Waals surface area contributed by atoms with E-state index in [1.165, 1.54) is 24.3 Å². The second-order valence-corrected chi connectivity index (χ2v) is 8.47. The molecule has 0 aliphatic heterocycles. The summed E-state index contributed by atoms with van der Waals surface area (Å²) in [5.74, 6) is -0.332. The molecule has 9 heteroatoms. The molecule has 36 heavy (non-hydrogen) atoms. The van der Waals surface area contributed by atoms with Gasteiger partial charge in [0.15, 0.2) is 0 Å². The Morgan fingerprint density at radius 2 is 1.64 bits per heavy atom. The third kappa shape index (κ3) is 4.63. The lowest BCUT2D eigenvalue weighted by atomic mass is 10.0. The van der Waals surface area contributed by atoms with Gasteiger partial charge in [-0.2, -0.15) is 13.2 Å². The molecule has 0 bridgehead atoms. The number of anilines is 1. The number of phenolic OH excluding ortho intramolecular Hbond substituents is 1. The summed E-state index contributed by atoms with van der Waals surface area (Å²) in [6.45, 7) is 0. The number of para-hydroxylation sites is 2. The van der Waals surface area contributed by atoms with Crippen molar-refractivity contribution in [2.24, 2.45) is 0 Å². The van der Waals surface area contributed by atoms with Gasteiger partial charge in [-0.05, 0) is 65.7 Å². The van der Waals surface area contributed by atoms with E-state index in [1.807, 2.05) is 24.3 Å². The van der Waals surface area contributed by atoms with E-state index < -0.39 is 17.6 Å². The van der Waals surface area contributed by atoms with Gasteiger partial charge in [0.1, 0.15) is 11.6 Å². The number of aromatic amines is 1. The quantitative estimate of drug-likeness (QED) is 0.235. The first-order chi connectivity index (χ1) is 17.2. The largest absolute Gasteiger partial charge is 0.507 e. The first kappa shape index (κ1) is 23.4. The summed E-state index contributed by atoms with van der Waals surface area (Å²) in [4.78, 5) is 20.6. The number of halogens is 4. The van der Waals surface area contributed by atoms with E-state index in [4.69, 9.17) is 11.6 Å². The zero-order valence-electron chi connectivity index (χ0n) is 18.4. The van der Waals surface area contributed by atoms with Crippen molar-refractivity contribution in [3.8, 4) is 28.3 Å². The molecule has 0 atom stereocenters. The number of alkyl halides is 3. The Bertz CT molecular complexity index is 1560. The highest BCUT2D eigenvalue weighted by atomic mass is 35.5. The lowest BCUT2D eigenvalue weighted by Crippen LogP contribution is -2.12. The van der Waals surface area contributed by atoms with Crippen molar-refractivity contribution in [2.45, 2.75) is 6.18 Å². The van der Waals surface area contributed by atoms with Gasteiger partial charge >= 0.3 is 6.18 Å². The fourth-order valence-corrected chi connectivity index (χ4v) is 4.03. The highest BCUT2D eigenvalue weighted by molar-refractivity contribution is 6.33. The number of rotatable bonds is 4. The van der Waals surface area contributed by atoms with Gasteiger partial charge in [-0.1, -0.05) is 41.9 Å². The first-order valence-corrected chi connectivity index (χ1v) is 11.1. The lowest BCUT2D eigenvalue weighted by molar-refractivity contribution is -0.137. The number of amides is 1. The van der Waals surface area contributed by atoms with Gasteiger partial charge in [-0.15, -0.1) is 0 Å². The average Bonchev–Trinajstić information content (AvgIpc) is 3.29. The number of hydrogen-bond acceptors (Lipinski definition) is 3. The smallest absolute Gasteiger partial charge is 0.416 e. The average molecular weight is 508 g/mol. The molecule has 0 saturated carbocycles. The summed E-state index contributed by atoms with van der Waals surface area (Å²) < 4.78 is 38.4. The van der Waals surface area contributed by atoms with Crippen LogP contribution in [0, 0.1) is 0 Å². The molecule has 4 aromatic carbocycles. The Morgan fingerprint density at radius 3 is 2.33 bits per heavy atom. The van der Waals surface area contributed by atoms with Gasteiger partial charge in [0, 0.05) is 11.3 Å². The van der Waals surface area contributed by atoms with E-state index >= 15 is 0 Å². The summed E-state index contributed by atoms with van der Waals surface area (Å²) in [6, 6.07) is 21.3. The van der Waals surface area contributed by atoms with Gasteiger partial charge in [0.25, 0.3) is 5.91 Å². The zero-order valence-corrected chi connectivity index (χ0v) is 19.2. The van der Waals surface area contributed by atoms with E-state index in [2.05, 4.69) is 15.3 Å². The van der Waals surface area contributed by atoms with Crippen molar-refractivity contribution in [1.82, 2.24) is 9.97 Å². The van der Waals surface area contributed by atoms with Gasteiger partial charge in [-0.25, -0.2) is 4.98 Å². The number of aromatic nitrogens is 2. The molecule has 0 saturated heterocycles.